The molecule has 1 fully saturated rings. The smallest absolute Gasteiger partial charge is 0.270 e. The quantitative estimate of drug-likeness (QED) is 0.255. The topological polar surface area (TPSA) is 54.3 Å². The summed E-state index contributed by atoms with van der Waals surface area (Å²) in [5, 5.41) is 3.56. The molecule has 0 atom stereocenters. The van der Waals surface area contributed by atoms with E-state index in [0.717, 1.165) is 28.2 Å². The molecule has 4 rings (SSSR count). The first-order chi connectivity index (χ1) is 15.6. The number of halogens is 3. The van der Waals surface area contributed by atoms with Crippen LogP contribution < -0.4 is 10.2 Å². The van der Waals surface area contributed by atoms with Gasteiger partial charge in [0.25, 0.3) is 11.8 Å². The third kappa shape index (κ3) is 4.20. The molecule has 0 radical (unpaired) electrons. The SMILES string of the molecule is Cc1ccc(Cl)cc1-n1c(C)cc(/C=C2\C(=O)NC(=S)N(c3cccc(Cl)c3Cl)C2=O)c1C. The molecule has 1 aliphatic rings. The molecule has 1 aliphatic heterocycles. The van der Waals surface area contributed by atoms with Crippen molar-refractivity contribution in [1.29, 1.82) is 0 Å². The molecule has 2 heterocycles. The standard InChI is InChI=1S/C24H18Cl3N3O2S/c1-12-7-8-16(25)11-20(12)29-13(2)9-15(14(29)3)10-17-22(31)28-24(33)30(23(17)32)19-6-4-5-18(26)21(19)27/h4-11H,1-3H3,(H,28,31,33)/b17-10+. The molecule has 0 spiro atoms. The molecule has 1 aromatic heterocycles. The van der Waals surface area contributed by atoms with Crippen LogP contribution >= 0.6 is 47.0 Å². The van der Waals surface area contributed by atoms with E-state index in [-0.39, 0.29) is 20.7 Å². The van der Waals surface area contributed by atoms with Crippen molar-refractivity contribution < 1.29 is 9.59 Å². The van der Waals surface area contributed by atoms with Crippen LogP contribution in [0.25, 0.3) is 11.8 Å². The van der Waals surface area contributed by atoms with E-state index in [0.29, 0.717) is 10.7 Å². The van der Waals surface area contributed by atoms with Gasteiger partial charge in [-0.1, -0.05) is 46.9 Å². The fourth-order valence-corrected chi connectivity index (χ4v) is 4.65. The minimum atomic E-state index is -0.586. The lowest BCUT2D eigenvalue weighted by atomic mass is 10.1. The van der Waals surface area contributed by atoms with Crippen molar-refractivity contribution in [3.8, 4) is 5.69 Å². The molecule has 3 aromatic rings. The normalized spacial score (nSPS) is 15.4. The molecular weight excluding hydrogens is 501 g/mol. The highest BCUT2D eigenvalue weighted by Crippen LogP contribution is 2.35. The van der Waals surface area contributed by atoms with Crippen LogP contribution in [0.4, 0.5) is 5.69 Å². The van der Waals surface area contributed by atoms with Crippen LogP contribution in [0.3, 0.4) is 0 Å². The van der Waals surface area contributed by atoms with Gasteiger partial charge in [0, 0.05) is 22.1 Å². The van der Waals surface area contributed by atoms with E-state index in [4.69, 9.17) is 47.0 Å². The zero-order valence-electron chi connectivity index (χ0n) is 17.9. The van der Waals surface area contributed by atoms with Crippen molar-refractivity contribution in [2.45, 2.75) is 20.8 Å². The highest BCUT2D eigenvalue weighted by Gasteiger charge is 2.36. The Morgan fingerprint density at radius 3 is 2.42 bits per heavy atom. The average Bonchev–Trinajstić information content (AvgIpc) is 3.03. The van der Waals surface area contributed by atoms with Gasteiger partial charge >= 0.3 is 0 Å². The van der Waals surface area contributed by atoms with Gasteiger partial charge in [-0.25, -0.2) is 0 Å². The molecule has 0 saturated carbocycles. The lowest BCUT2D eigenvalue weighted by Crippen LogP contribution is -2.54. The van der Waals surface area contributed by atoms with E-state index < -0.39 is 11.8 Å². The van der Waals surface area contributed by atoms with Gasteiger partial charge in [-0.2, -0.15) is 0 Å². The number of carbonyl (C=O) groups is 2. The molecule has 0 unspecified atom stereocenters. The summed E-state index contributed by atoms with van der Waals surface area (Å²) < 4.78 is 2.04. The molecule has 2 aromatic carbocycles. The van der Waals surface area contributed by atoms with Crippen molar-refractivity contribution in [1.82, 2.24) is 9.88 Å². The van der Waals surface area contributed by atoms with Gasteiger partial charge in [0.15, 0.2) is 5.11 Å². The number of nitrogens with one attached hydrogen (secondary N) is 1. The summed E-state index contributed by atoms with van der Waals surface area (Å²) >= 11 is 23.9. The Hall–Kier alpha value is -2.64. The fraction of sp³-hybridized carbons (Fsp3) is 0.125. The third-order valence-corrected chi connectivity index (χ3v) is 6.78. The first kappa shape index (κ1) is 23.5. The fourth-order valence-electron chi connectivity index (χ4n) is 3.82. The van der Waals surface area contributed by atoms with Gasteiger partial charge in [0.05, 0.1) is 15.7 Å². The van der Waals surface area contributed by atoms with Gasteiger partial charge in [-0.15, -0.1) is 0 Å². The van der Waals surface area contributed by atoms with E-state index in [1.165, 1.54) is 4.90 Å². The maximum absolute atomic E-state index is 13.4. The molecule has 0 bridgehead atoms. The predicted octanol–water partition coefficient (Wildman–Crippen LogP) is 6.19. The third-order valence-electron chi connectivity index (χ3n) is 5.46. The van der Waals surface area contributed by atoms with Gasteiger partial charge < -0.3 is 4.57 Å². The number of benzene rings is 2. The first-order valence-corrected chi connectivity index (χ1v) is 11.4. The average molecular weight is 519 g/mol. The number of aromatic nitrogens is 1. The van der Waals surface area contributed by atoms with Gasteiger partial charge in [-0.3, -0.25) is 19.8 Å². The Kier molecular flexibility index (Phi) is 6.38. The van der Waals surface area contributed by atoms with Crippen molar-refractivity contribution in [2.24, 2.45) is 0 Å². The summed E-state index contributed by atoms with van der Waals surface area (Å²) in [4.78, 5) is 27.3. The van der Waals surface area contributed by atoms with E-state index in [1.807, 2.05) is 49.6 Å². The van der Waals surface area contributed by atoms with Crippen molar-refractivity contribution in [3.63, 3.8) is 0 Å². The highest BCUT2D eigenvalue weighted by molar-refractivity contribution is 7.80. The highest BCUT2D eigenvalue weighted by atomic mass is 35.5. The Labute approximate surface area is 211 Å². The number of hydrogen-bond acceptors (Lipinski definition) is 3. The summed E-state index contributed by atoms with van der Waals surface area (Å²) in [6, 6.07) is 12.4. The Morgan fingerprint density at radius 2 is 1.70 bits per heavy atom. The monoisotopic (exact) mass is 517 g/mol. The molecule has 33 heavy (non-hydrogen) atoms. The number of anilines is 1. The lowest BCUT2D eigenvalue weighted by Gasteiger charge is -2.29. The molecule has 2 amide bonds. The van der Waals surface area contributed by atoms with Crippen molar-refractivity contribution >= 4 is 75.7 Å². The number of nitrogens with zero attached hydrogens (tertiary/aromatic N) is 2. The van der Waals surface area contributed by atoms with E-state index in [1.54, 1.807) is 24.3 Å². The summed E-state index contributed by atoms with van der Waals surface area (Å²) in [6.07, 6.45) is 1.56. The minimum Gasteiger partial charge on any atom is -0.318 e. The zero-order valence-corrected chi connectivity index (χ0v) is 21.0. The maximum Gasteiger partial charge on any atom is 0.270 e. The molecule has 9 heteroatoms. The van der Waals surface area contributed by atoms with E-state index >= 15 is 0 Å². The molecular formula is C24H18Cl3N3O2S. The molecule has 0 aliphatic carbocycles. The summed E-state index contributed by atoms with van der Waals surface area (Å²) in [5.74, 6) is -1.17. The first-order valence-electron chi connectivity index (χ1n) is 9.91. The molecule has 5 nitrogen and oxygen atoms in total. The Bertz CT molecular complexity index is 1380. The minimum absolute atomic E-state index is 0.0636. The van der Waals surface area contributed by atoms with Crippen LogP contribution in [0.5, 0.6) is 0 Å². The van der Waals surface area contributed by atoms with Gasteiger partial charge in [0.1, 0.15) is 5.57 Å². The van der Waals surface area contributed by atoms with Crippen LogP contribution in [0.2, 0.25) is 15.1 Å². The van der Waals surface area contributed by atoms with E-state index in [2.05, 4.69) is 5.32 Å². The number of amides is 2. The van der Waals surface area contributed by atoms with E-state index in [9.17, 15) is 9.59 Å². The van der Waals surface area contributed by atoms with Crippen LogP contribution in [0.15, 0.2) is 48.0 Å². The van der Waals surface area contributed by atoms with Crippen LogP contribution in [-0.4, -0.2) is 21.5 Å². The van der Waals surface area contributed by atoms with Crippen LogP contribution in [-0.2, 0) is 9.59 Å². The predicted molar refractivity (Wildman–Crippen MR) is 138 cm³/mol. The number of carbonyl (C=O) groups excluding carboxylic acids is 2. The number of rotatable bonds is 3. The maximum atomic E-state index is 13.4. The lowest BCUT2D eigenvalue weighted by molar-refractivity contribution is -0.122. The zero-order chi connectivity index (χ0) is 24.0. The molecule has 168 valence electrons. The summed E-state index contributed by atoms with van der Waals surface area (Å²) in [6.45, 7) is 5.86. The van der Waals surface area contributed by atoms with Gasteiger partial charge in [0.2, 0.25) is 0 Å². The number of hydrogen-bond donors (Lipinski definition) is 1. The van der Waals surface area contributed by atoms with Crippen LogP contribution in [0.1, 0.15) is 22.5 Å². The molecule has 1 saturated heterocycles. The largest absolute Gasteiger partial charge is 0.318 e. The van der Waals surface area contributed by atoms with Crippen molar-refractivity contribution in [3.05, 3.63) is 85.6 Å². The second-order valence-corrected chi connectivity index (χ2v) is 9.23. The second kappa shape index (κ2) is 8.95. The molecule has 1 N–H and O–H groups in total. The Balaban J connectivity index is 1.81. The summed E-state index contributed by atoms with van der Waals surface area (Å²) in [7, 11) is 0. The summed E-state index contributed by atoms with van der Waals surface area (Å²) in [5.41, 5.74) is 4.70. The number of thiocarbonyl (C=S) groups is 1. The van der Waals surface area contributed by atoms with Gasteiger partial charge in [-0.05, 0) is 80.5 Å². The van der Waals surface area contributed by atoms with Crippen molar-refractivity contribution in [2.75, 3.05) is 4.90 Å². The second-order valence-electron chi connectivity index (χ2n) is 7.62. The number of aryl methyl sites for hydroxylation is 2. The van der Waals surface area contributed by atoms with Crippen LogP contribution in [0, 0.1) is 20.8 Å². The Morgan fingerprint density at radius 1 is 0.970 bits per heavy atom.